The van der Waals surface area contributed by atoms with Crippen LogP contribution < -0.4 is 0 Å². The fourth-order valence-electron chi connectivity index (χ4n) is 4.81. The zero-order chi connectivity index (χ0) is 20.0. The molecular weight excluding hydrogens is 386 g/mol. The number of benzene rings is 1. The third-order valence-electron chi connectivity index (χ3n) is 6.32. The normalized spacial score (nSPS) is 21.4. The molecule has 1 saturated heterocycles. The maximum atomic E-state index is 12.4. The minimum absolute atomic E-state index is 0.331. The minimum atomic E-state index is -3.57. The highest BCUT2D eigenvalue weighted by Gasteiger charge is 2.32. The molecule has 154 valence electrons. The number of fused-ring (bicyclic) bond motifs is 2. The maximum absolute atomic E-state index is 12.4. The van der Waals surface area contributed by atoms with Crippen LogP contribution in [-0.2, 0) is 36.5 Å². The molecule has 0 unspecified atom stereocenters. The summed E-state index contributed by atoms with van der Waals surface area (Å²) in [5.41, 5.74) is 4.83. The van der Waals surface area contributed by atoms with Gasteiger partial charge in [0, 0.05) is 45.3 Å². The van der Waals surface area contributed by atoms with E-state index in [4.69, 9.17) is 5.10 Å². The highest BCUT2D eigenvalue weighted by atomic mass is 32.2. The number of sulfonamides is 1. The Morgan fingerprint density at radius 1 is 1.00 bits per heavy atom. The summed E-state index contributed by atoms with van der Waals surface area (Å²) in [6.07, 6.45) is 5.73. The highest BCUT2D eigenvalue weighted by molar-refractivity contribution is 7.90. The van der Waals surface area contributed by atoms with Crippen molar-refractivity contribution >= 4 is 15.9 Å². The van der Waals surface area contributed by atoms with Crippen molar-refractivity contribution in [2.45, 2.75) is 43.5 Å². The number of amidine groups is 1. The second-order valence-corrected chi connectivity index (χ2v) is 9.78. The molecule has 8 heteroatoms. The van der Waals surface area contributed by atoms with Crippen molar-refractivity contribution < 1.29 is 8.42 Å². The van der Waals surface area contributed by atoms with Gasteiger partial charge in [-0.3, -0.25) is 9.58 Å². The Morgan fingerprint density at radius 3 is 2.72 bits per heavy atom. The van der Waals surface area contributed by atoms with Gasteiger partial charge in [-0.2, -0.15) is 13.5 Å². The lowest BCUT2D eigenvalue weighted by atomic mass is 9.96. The fraction of sp³-hybridized carbons (Fsp3) is 0.524. The first-order chi connectivity index (χ1) is 14.0. The van der Waals surface area contributed by atoms with Crippen LogP contribution in [0, 0.1) is 0 Å². The zero-order valence-electron chi connectivity index (χ0n) is 16.8. The third kappa shape index (κ3) is 3.38. The molecule has 29 heavy (non-hydrogen) atoms. The Balaban J connectivity index is 1.33. The Morgan fingerprint density at radius 2 is 1.83 bits per heavy atom. The van der Waals surface area contributed by atoms with E-state index in [1.165, 1.54) is 29.8 Å². The standard InChI is InChI=1S/C21H27N5O2S/c1-24-19(16-7-2-4-9-18(16)22-24)15-25-11-6-12-26(14-13-25)21-17-8-3-5-10-20(17)29(27,28)23-21/h3,5,8,10H,2,4,6-7,9,11-15H2,1H3. The molecule has 0 spiro atoms. The van der Waals surface area contributed by atoms with E-state index >= 15 is 0 Å². The Labute approximate surface area is 172 Å². The molecule has 2 aromatic rings. The van der Waals surface area contributed by atoms with Crippen LogP contribution in [0.25, 0.3) is 0 Å². The molecule has 3 aliphatic rings. The van der Waals surface area contributed by atoms with Crippen molar-refractivity contribution in [3.8, 4) is 0 Å². The number of hydrogen-bond donors (Lipinski definition) is 0. The molecule has 5 rings (SSSR count). The lowest BCUT2D eigenvalue weighted by molar-refractivity contribution is 0.270. The van der Waals surface area contributed by atoms with Gasteiger partial charge in [-0.15, -0.1) is 4.40 Å². The van der Waals surface area contributed by atoms with Gasteiger partial charge >= 0.3 is 0 Å². The average molecular weight is 414 g/mol. The van der Waals surface area contributed by atoms with Crippen LogP contribution in [0.1, 0.15) is 41.8 Å². The van der Waals surface area contributed by atoms with E-state index in [0.29, 0.717) is 10.7 Å². The molecule has 0 saturated carbocycles. The number of aromatic nitrogens is 2. The quantitative estimate of drug-likeness (QED) is 0.753. The van der Waals surface area contributed by atoms with Crippen LogP contribution in [0.3, 0.4) is 0 Å². The topological polar surface area (TPSA) is 70.8 Å². The summed E-state index contributed by atoms with van der Waals surface area (Å²) >= 11 is 0. The van der Waals surface area contributed by atoms with Crippen LogP contribution >= 0.6 is 0 Å². The second kappa shape index (κ2) is 7.25. The Hall–Kier alpha value is -2.19. The van der Waals surface area contributed by atoms with Gasteiger partial charge in [0.05, 0.1) is 11.4 Å². The lowest BCUT2D eigenvalue weighted by Crippen LogP contribution is -2.35. The van der Waals surface area contributed by atoms with Gasteiger partial charge in [0.25, 0.3) is 10.0 Å². The third-order valence-corrected chi connectivity index (χ3v) is 7.65. The van der Waals surface area contributed by atoms with Crippen LogP contribution in [0.15, 0.2) is 33.6 Å². The Kier molecular flexibility index (Phi) is 4.70. The zero-order valence-corrected chi connectivity index (χ0v) is 17.7. The maximum Gasteiger partial charge on any atom is 0.285 e. The predicted molar refractivity (Wildman–Crippen MR) is 111 cm³/mol. The van der Waals surface area contributed by atoms with Gasteiger partial charge in [0.2, 0.25) is 0 Å². The van der Waals surface area contributed by atoms with E-state index in [1.807, 2.05) is 12.1 Å². The molecule has 1 aromatic carbocycles. The van der Waals surface area contributed by atoms with Crippen LogP contribution in [-0.4, -0.2) is 60.0 Å². The number of aryl methyl sites for hydroxylation is 2. The summed E-state index contributed by atoms with van der Waals surface area (Å²) in [5.74, 6) is 0.611. The monoisotopic (exact) mass is 413 g/mol. The van der Waals surface area contributed by atoms with E-state index in [0.717, 1.165) is 57.5 Å². The molecule has 3 heterocycles. The van der Waals surface area contributed by atoms with Crippen molar-refractivity contribution in [1.82, 2.24) is 19.6 Å². The van der Waals surface area contributed by atoms with Crippen molar-refractivity contribution in [2.75, 3.05) is 26.2 Å². The van der Waals surface area contributed by atoms with E-state index in [2.05, 4.69) is 25.9 Å². The van der Waals surface area contributed by atoms with Crippen LogP contribution in [0.5, 0.6) is 0 Å². The smallest absolute Gasteiger partial charge is 0.285 e. The molecule has 1 fully saturated rings. The van der Waals surface area contributed by atoms with Gasteiger partial charge in [0.15, 0.2) is 5.84 Å². The van der Waals surface area contributed by atoms with Crippen molar-refractivity contribution in [3.05, 3.63) is 46.8 Å². The molecule has 0 atom stereocenters. The van der Waals surface area contributed by atoms with Crippen LogP contribution in [0.2, 0.25) is 0 Å². The molecule has 0 N–H and O–H groups in total. The Bertz CT molecular complexity index is 1070. The molecule has 0 amide bonds. The molecular formula is C21H27N5O2S. The van der Waals surface area contributed by atoms with Gasteiger partial charge in [-0.05, 0) is 49.8 Å². The first-order valence-electron chi connectivity index (χ1n) is 10.5. The second-order valence-electron chi connectivity index (χ2n) is 8.21. The van der Waals surface area contributed by atoms with E-state index in [9.17, 15) is 8.42 Å². The number of hydrogen-bond acceptors (Lipinski definition) is 5. The first kappa shape index (κ1) is 18.8. The summed E-state index contributed by atoms with van der Waals surface area (Å²) < 4.78 is 31.0. The number of nitrogens with zero attached hydrogens (tertiary/aromatic N) is 5. The first-order valence-corrected chi connectivity index (χ1v) is 11.9. The number of rotatable bonds is 2. The summed E-state index contributed by atoms with van der Waals surface area (Å²) in [7, 11) is -1.50. The lowest BCUT2D eigenvalue weighted by Gasteiger charge is -2.24. The fourth-order valence-corrected chi connectivity index (χ4v) is 6.04. The van der Waals surface area contributed by atoms with E-state index in [1.54, 1.807) is 12.1 Å². The summed E-state index contributed by atoms with van der Waals surface area (Å²) in [6.45, 7) is 4.40. The largest absolute Gasteiger partial charge is 0.354 e. The predicted octanol–water partition coefficient (Wildman–Crippen LogP) is 1.96. The minimum Gasteiger partial charge on any atom is -0.354 e. The molecule has 1 aromatic heterocycles. The molecule has 0 bridgehead atoms. The molecule has 7 nitrogen and oxygen atoms in total. The van der Waals surface area contributed by atoms with Gasteiger partial charge in [-0.1, -0.05) is 12.1 Å². The van der Waals surface area contributed by atoms with Crippen molar-refractivity contribution in [3.63, 3.8) is 0 Å². The van der Waals surface area contributed by atoms with Gasteiger partial charge < -0.3 is 4.90 Å². The van der Waals surface area contributed by atoms with Crippen LogP contribution in [0.4, 0.5) is 0 Å². The summed E-state index contributed by atoms with van der Waals surface area (Å²) in [5, 5.41) is 4.75. The molecule has 0 radical (unpaired) electrons. The molecule has 1 aliphatic carbocycles. The van der Waals surface area contributed by atoms with Crippen molar-refractivity contribution in [1.29, 1.82) is 0 Å². The molecule has 2 aliphatic heterocycles. The van der Waals surface area contributed by atoms with E-state index < -0.39 is 10.0 Å². The van der Waals surface area contributed by atoms with Crippen molar-refractivity contribution in [2.24, 2.45) is 11.4 Å². The van der Waals surface area contributed by atoms with Gasteiger partial charge in [-0.25, -0.2) is 0 Å². The summed E-state index contributed by atoms with van der Waals surface area (Å²) in [4.78, 5) is 4.95. The van der Waals surface area contributed by atoms with E-state index in [-0.39, 0.29) is 0 Å². The summed E-state index contributed by atoms with van der Waals surface area (Å²) in [6, 6.07) is 7.15. The highest BCUT2D eigenvalue weighted by Crippen LogP contribution is 2.28. The SMILES string of the molecule is Cn1nc2c(c1CN1CCCN(C3=NS(=O)(=O)c4ccccc43)CC1)CCCC2. The average Bonchev–Trinajstić information content (AvgIpc) is 3.05. The van der Waals surface area contributed by atoms with Gasteiger partial charge in [0.1, 0.15) is 4.90 Å².